The van der Waals surface area contributed by atoms with Gasteiger partial charge < -0.3 is 20.3 Å². The van der Waals surface area contributed by atoms with E-state index >= 15 is 0 Å². The van der Waals surface area contributed by atoms with Gasteiger partial charge in [0.25, 0.3) is 0 Å². The molecule has 100 valence electrons. The number of nitrogens with two attached hydrogens (primary N) is 1. The van der Waals surface area contributed by atoms with Crippen LogP contribution < -0.4 is 11.0 Å². The third-order valence-electron chi connectivity index (χ3n) is 2.34. The number of carboxylic acids is 1. The summed E-state index contributed by atoms with van der Waals surface area (Å²) in [5, 5.41) is 8.85. The highest BCUT2D eigenvalue weighted by atomic mass is 31.2. The zero-order valence-electron chi connectivity index (χ0n) is 9.94. The molecule has 2 atom stereocenters. The Morgan fingerprint density at radius 3 is 2.44 bits per heavy atom. The van der Waals surface area contributed by atoms with Crippen LogP contribution in [0.4, 0.5) is 0 Å². The third kappa shape index (κ3) is 3.92. The Hall–Kier alpha value is -1.20. The van der Waals surface area contributed by atoms with E-state index in [4.69, 9.17) is 15.4 Å². The average Bonchev–Trinajstić information content (AvgIpc) is 2.29. The van der Waals surface area contributed by atoms with E-state index in [1.807, 2.05) is 0 Å². The number of carboxylic acid groups (broad SMARTS) is 1. The summed E-state index contributed by atoms with van der Waals surface area (Å²) in [5.74, 6) is -1.08. The van der Waals surface area contributed by atoms with Crippen LogP contribution in [0.25, 0.3) is 0 Å². The number of carbonyl (C=O) groups is 1. The molecule has 0 saturated carbocycles. The van der Waals surface area contributed by atoms with E-state index in [9.17, 15) is 14.3 Å². The molecular weight excluding hydrogens is 257 g/mol. The Kier molecular flexibility index (Phi) is 5.04. The summed E-state index contributed by atoms with van der Waals surface area (Å²) in [6.07, 6.45) is 0.167. The van der Waals surface area contributed by atoms with Gasteiger partial charge in [0.15, 0.2) is 0 Å². The molecule has 1 rings (SSSR count). The van der Waals surface area contributed by atoms with Crippen LogP contribution in [-0.2, 0) is 20.3 Å². The van der Waals surface area contributed by atoms with Gasteiger partial charge in [0.1, 0.15) is 6.04 Å². The van der Waals surface area contributed by atoms with Crippen molar-refractivity contribution >= 4 is 18.9 Å². The van der Waals surface area contributed by atoms with Crippen LogP contribution in [0.1, 0.15) is 12.5 Å². The number of hydrogen-bond acceptors (Lipinski definition) is 4. The Morgan fingerprint density at radius 2 is 2.00 bits per heavy atom. The smallest absolute Gasteiger partial charge is 0.358 e. The molecule has 4 N–H and O–H groups in total. The molecule has 0 fully saturated rings. The molecule has 0 saturated heterocycles. The summed E-state index contributed by atoms with van der Waals surface area (Å²) in [6.45, 7) is 1.77. The molecule has 0 spiro atoms. The lowest BCUT2D eigenvalue weighted by molar-refractivity contribution is -0.138. The van der Waals surface area contributed by atoms with Gasteiger partial charge in [0.2, 0.25) is 0 Å². The number of aliphatic carboxylic acids is 1. The van der Waals surface area contributed by atoms with Crippen molar-refractivity contribution in [3.63, 3.8) is 0 Å². The van der Waals surface area contributed by atoms with E-state index in [1.54, 1.807) is 19.1 Å². The highest BCUT2D eigenvalue weighted by molar-refractivity contribution is 7.61. The fraction of sp³-hybridized carbons (Fsp3) is 0.364. The van der Waals surface area contributed by atoms with Gasteiger partial charge in [-0.3, -0.25) is 9.36 Å². The molecule has 1 aromatic rings. The Labute approximate surface area is 105 Å². The molecule has 0 aliphatic carbocycles. The maximum absolute atomic E-state index is 11.7. The van der Waals surface area contributed by atoms with Gasteiger partial charge in [-0.1, -0.05) is 12.1 Å². The van der Waals surface area contributed by atoms with Crippen molar-refractivity contribution in [1.29, 1.82) is 0 Å². The Balaban J connectivity index is 2.80. The second kappa shape index (κ2) is 6.11. The highest BCUT2D eigenvalue weighted by Crippen LogP contribution is 2.40. The molecule has 0 radical (unpaired) electrons. The van der Waals surface area contributed by atoms with Crippen molar-refractivity contribution in [2.75, 3.05) is 6.61 Å². The zero-order valence-corrected chi connectivity index (χ0v) is 10.8. The van der Waals surface area contributed by atoms with Crippen molar-refractivity contribution in [2.24, 2.45) is 5.73 Å². The molecule has 18 heavy (non-hydrogen) atoms. The molecule has 7 heteroatoms. The minimum absolute atomic E-state index is 0.138. The van der Waals surface area contributed by atoms with Gasteiger partial charge in [-0.25, -0.2) is 0 Å². The monoisotopic (exact) mass is 273 g/mol. The van der Waals surface area contributed by atoms with Crippen LogP contribution in [0.15, 0.2) is 24.3 Å². The molecule has 0 amide bonds. The molecule has 0 aromatic heterocycles. The number of benzene rings is 1. The average molecular weight is 273 g/mol. The highest BCUT2D eigenvalue weighted by Gasteiger charge is 2.21. The molecule has 1 aromatic carbocycles. The molecule has 0 heterocycles. The fourth-order valence-electron chi connectivity index (χ4n) is 1.41. The minimum Gasteiger partial charge on any atom is -0.480 e. The topological polar surface area (TPSA) is 110 Å². The fourth-order valence-corrected chi connectivity index (χ4v) is 2.44. The third-order valence-corrected chi connectivity index (χ3v) is 3.90. The van der Waals surface area contributed by atoms with Crippen molar-refractivity contribution in [2.45, 2.75) is 19.4 Å². The first-order valence-electron chi connectivity index (χ1n) is 5.42. The van der Waals surface area contributed by atoms with Crippen molar-refractivity contribution in [1.82, 2.24) is 0 Å². The maximum Gasteiger partial charge on any atom is 0.358 e. The van der Waals surface area contributed by atoms with Gasteiger partial charge in [0.05, 0.1) is 11.9 Å². The van der Waals surface area contributed by atoms with E-state index < -0.39 is 19.6 Å². The summed E-state index contributed by atoms with van der Waals surface area (Å²) >= 11 is 0. The summed E-state index contributed by atoms with van der Waals surface area (Å²) in [6, 6.07) is 5.05. The van der Waals surface area contributed by atoms with Crippen molar-refractivity contribution in [3.05, 3.63) is 29.8 Å². The van der Waals surface area contributed by atoms with Gasteiger partial charge in [-0.15, -0.1) is 0 Å². The summed E-state index contributed by atoms with van der Waals surface area (Å²) in [5.41, 5.74) is 6.08. The normalized spacial score (nSPS) is 15.9. The molecule has 1 unspecified atom stereocenters. The standard InChI is InChI=1S/C11H16NO5P/c1-2-17-18(15,16)9-5-3-8(4-6-9)7-10(12)11(13)14/h3-6,10H,2,7,12H2,1H3,(H,13,14)(H,15,16)/t10-/m0/s1. The molecule has 6 nitrogen and oxygen atoms in total. The van der Waals surface area contributed by atoms with E-state index in [2.05, 4.69) is 0 Å². The van der Waals surface area contributed by atoms with Crippen LogP contribution >= 0.6 is 7.60 Å². The van der Waals surface area contributed by atoms with E-state index in [0.29, 0.717) is 5.56 Å². The zero-order chi connectivity index (χ0) is 13.8. The SMILES string of the molecule is CCOP(=O)(O)c1ccc(C[C@H](N)C(=O)O)cc1. The number of hydrogen-bond donors (Lipinski definition) is 3. The quantitative estimate of drug-likeness (QED) is 0.650. The molecule has 0 aliphatic rings. The lowest BCUT2D eigenvalue weighted by atomic mass is 10.1. The summed E-state index contributed by atoms with van der Waals surface area (Å²) in [4.78, 5) is 20.1. The summed E-state index contributed by atoms with van der Waals surface area (Å²) in [7, 11) is -3.77. The van der Waals surface area contributed by atoms with Gasteiger partial charge in [-0.05, 0) is 31.0 Å². The Bertz CT molecular complexity index is 459. The molecular formula is C11H16NO5P. The van der Waals surface area contributed by atoms with Crippen LogP contribution in [0.2, 0.25) is 0 Å². The predicted octanol–water partition coefficient (Wildman–Crippen LogP) is 0.488. The molecule has 0 aliphatic heterocycles. The van der Waals surface area contributed by atoms with Gasteiger partial charge >= 0.3 is 13.6 Å². The predicted molar refractivity (Wildman–Crippen MR) is 66.8 cm³/mol. The van der Waals surface area contributed by atoms with E-state index in [-0.39, 0.29) is 18.3 Å². The first-order chi connectivity index (χ1) is 8.36. The first kappa shape index (κ1) is 14.9. The lowest BCUT2D eigenvalue weighted by Gasteiger charge is -2.12. The van der Waals surface area contributed by atoms with Gasteiger partial charge in [0, 0.05) is 0 Å². The van der Waals surface area contributed by atoms with Crippen LogP contribution in [0.3, 0.4) is 0 Å². The van der Waals surface area contributed by atoms with Crippen LogP contribution in [-0.4, -0.2) is 28.6 Å². The number of rotatable bonds is 6. The second-order valence-corrected chi connectivity index (χ2v) is 5.57. The maximum atomic E-state index is 11.7. The van der Waals surface area contributed by atoms with Gasteiger partial charge in [-0.2, -0.15) is 0 Å². The summed E-state index contributed by atoms with van der Waals surface area (Å²) < 4.78 is 16.4. The molecule has 0 bridgehead atoms. The van der Waals surface area contributed by atoms with Crippen LogP contribution in [0, 0.1) is 0 Å². The van der Waals surface area contributed by atoms with E-state index in [0.717, 1.165) is 0 Å². The minimum atomic E-state index is -3.77. The Morgan fingerprint density at radius 1 is 1.44 bits per heavy atom. The van der Waals surface area contributed by atoms with Crippen LogP contribution in [0.5, 0.6) is 0 Å². The van der Waals surface area contributed by atoms with E-state index in [1.165, 1.54) is 12.1 Å². The largest absolute Gasteiger partial charge is 0.480 e. The van der Waals surface area contributed by atoms with Crippen molar-refractivity contribution in [3.8, 4) is 0 Å². The lowest BCUT2D eigenvalue weighted by Crippen LogP contribution is -2.32. The van der Waals surface area contributed by atoms with Crippen molar-refractivity contribution < 1.29 is 23.9 Å². The second-order valence-electron chi connectivity index (χ2n) is 3.75. The first-order valence-corrected chi connectivity index (χ1v) is 6.99.